The minimum Gasteiger partial charge on any atom is -0.491 e. The monoisotopic (exact) mass is 465 g/mol. The number of fused-ring (bicyclic) bond motifs is 1. The Morgan fingerprint density at radius 2 is 1.93 bits per heavy atom. The first-order valence-corrected chi connectivity index (χ1v) is 11.1. The Balaban J connectivity index is 1.71. The van der Waals surface area contributed by atoms with Crippen LogP contribution in [0.3, 0.4) is 0 Å². The van der Waals surface area contributed by atoms with E-state index in [0.717, 1.165) is 28.0 Å². The zero-order chi connectivity index (χ0) is 19.0. The summed E-state index contributed by atoms with van der Waals surface area (Å²) in [5.41, 5.74) is 1.73. The predicted octanol–water partition coefficient (Wildman–Crippen LogP) is 5.61. The average molecular weight is 467 g/mol. The van der Waals surface area contributed by atoms with E-state index in [-0.39, 0.29) is 5.78 Å². The molecule has 27 heavy (non-hydrogen) atoms. The van der Waals surface area contributed by atoms with Gasteiger partial charge in [0.15, 0.2) is 5.78 Å². The van der Waals surface area contributed by atoms with Crippen LogP contribution in [-0.4, -0.2) is 41.7 Å². The van der Waals surface area contributed by atoms with Crippen LogP contribution in [0.5, 0.6) is 5.75 Å². The van der Waals surface area contributed by atoms with Gasteiger partial charge in [0.2, 0.25) is 0 Å². The maximum atomic E-state index is 13.7. The van der Waals surface area contributed by atoms with E-state index >= 15 is 0 Å². The number of ether oxygens (including phenoxy) is 1. The molecule has 0 aliphatic carbocycles. The van der Waals surface area contributed by atoms with E-state index in [4.69, 9.17) is 16.3 Å². The fourth-order valence-electron chi connectivity index (χ4n) is 3.71. The Morgan fingerprint density at radius 3 is 2.63 bits per heavy atom. The number of carbonyl (C=O) groups excluding carboxylic acids is 1. The molecule has 0 spiro atoms. The molecular weight excluding hydrogens is 446 g/mol. The van der Waals surface area contributed by atoms with Crippen molar-refractivity contribution in [3.8, 4) is 5.75 Å². The number of nitrogens with zero attached hydrogens (tertiary/aromatic N) is 1. The van der Waals surface area contributed by atoms with Crippen LogP contribution in [0, 0.1) is 6.92 Å². The van der Waals surface area contributed by atoms with Crippen LogP contribution >= 0.6 is 39.3 Å². The lowest BCUT2D eigenvalue weighted by atomic mass is 9.92. The number of hydrogen-bond acceptors (Lipinski definition) is 4. The molecular formula is C21H21BrClNO2S. The van der Waals surface area contributed by atoms with Gasteiger partial charge in [-0.15, -0.1) is 11.8 Å². The molecule has 0 N–H and O–H groups in total. The molecule has 142 valence electrons. The van der Waals surface area contributed by atoms with Crippen molar-refractivity contribution in [2.24, 2.45) is 0 Å². The highest BCUT2D eigenvalue weighted by atomic mass is 79.9. The van der Waals surface area contributed by atoms with Gasteiger partial charge in [0, 0.05) is 20.9 Å². The molecule has 0 bridgehead atoms. The highest BCUT2D eigenvalue weighted by molar-refractivity contribution is 9.10. The molecule has 1 atom stereocenters. The van der Waals surface area contributed by atoms with Crippen molar-refractivity contribution < 1.29 is 9.53 Å². The Hall–Kier alpha value is -1.01. The highest BCUT2D eigenvalue weighted by Crippen LogP contribution is 2.43. The van der Waals surface area contributed by atoms with Crippen molar-refractivity contribution >= 4 is 45.1 Å². The van der Waals surface area contributed by atoms with Gasteiger partial charge in [0.1, 0.15) is 17.1 Å². The van der Waals surface area contributed by atoms with Crippen molar-refractivity contribution in [2.75, 3.05) is 26.2 Å². The van der Waals surface area contributed by atoms with E-state index in [1.807, 2.05) is 43.3 Å². The Kier molecular flexibility index (Phi) is 5.57. The van der Waals surface area contributed by atoms with E-state index in [0.29, 0.717) is 29.5 Å². The Bertz CT molecular complexity index is 867. The molecule has 0 aromatic heterocycles. The summed E-state index contributed by atoms with van der Waals surface area (Å²) in [6.07, 6.45) is 2.39. The summed E-state index contributed by atoms with van der Waals surface area (Å²) < 4.78 is 6.42. The summed E-state index contributed by atoms with van der Waals surface area (Å²) in [4.78, 5) is 17.1. The largest absolute Gasteiger partial charge is 0.491 e. The number of halogens is 2. The van der Waals surface area contributed by atoms with Gasteiger partial charge in [0.25, 0.3) is 0 Å². The minimum atomic E-state index is -0.653. The molecule has 2 heterocycles. The molecule has 0 saturated carbocycles. The molecule has 3 nitrogen and oxygen atoms in total. The molecule has 2 aromatic carbocycles. The molecule has 4 rings (SSSR count). The lowest BCUT2D eigenvalue weighted by molar-refractivity contribution is 0.0832. The van der Waals surface area contributed by atoms with Gasteiger partial charge in [-0.3, -0.25) is 4.79 Å². The summed E-state index contributed by atoms with van der Waals surface area (Å²) in [5.74, 6) is 0.839. The second kappa shape index (κ2) is 7.78. The van der Waals surface area contributed by atoms with E-state index < -0.39 is 4.75 Å². The van der Waals surface area contributed by atoms with E-state index in [1.54, 1.807) is 11.8 Å². The maximum Gasteiger partial charge on any atom is 0.187 e. The first kappa shape index (κ1) is 19.3. The molecule has 0 radical (unpaired) electrons. The van der Waals surface area contributed by atoms with Crippen LogP contribution in [0.4, 0.5) is 0 Å². The minimum absolute atomic E-state index is 0.149. The fraction of sp³-hybridized carbons (Fsp3) is 0.381. The molecule has 2 aliphatic rings. The number of aryl methyl sites for hydroxylation is 1. The highest BCUT2D eigenvalue weighted by Gasteiger charge is 2.47. The molecule has 2 aromatic rings. The van der Waals surface area contributed by atoms with E-state index in [2.05, 4.69) is 20.8 Å². The average Bonchev–Trinajstić information content (AvgIpc) is 3.15. The number of rotatable bonds is 4. The lowest BCUT2D eigenvalue weighted by Gasteiger charge is -2.38. The predicted molar refractivity (Wildman–Crippen MR) is 114 cm³/mol. The first-order valence-electron chi connectivity index (χ1n) is 9.11. The van der Waals surface area contributed by atoms with Crippen LogP contribution < -0.4 is 4.74 Å². The normalized spacial score (nSPS) is 22.6. The van der Waals surface area contributed by atoms with Crippen LogP contribution in [0.2, 0.25) is 5.02 Å². The second-order valence-electron chi connectivity index (χ2n) is 7.25. The first-order chi connectivity index (χ1) is 13.0. The molecule has 1 saturated heterocycles. The van der Waals surface area contributed by atoms with Crippen LogP contribution in [0.1, 0.15) is 28.8 Å². The summed E-state index contributed by atoms with van der Waals surface area (Å²) in [5, 5.41) is 0.698. The van der Waals surface area contributed by atoms with Crippen molar-refractivity contribution in [2.45, 2.75) is 29.4 Å². The zero-order valence-corrected chi connectivity index (χ0v) is 18.3. The number of likely N-dealkylation sites (tertiary alicyclic amines) is 1. The van der Waals surface area contributed by atoms with Gasteiger partial charge in [-0.05, 0) is 74.8 Å². The topological polar surface area (TPSA) is 29.5 Å². The van der Waals surface area contributed by atoms with E-state index in [9.17, 15) is 4.79 Å². The third-order valence-electron chi connectivity index (χ3n) is 5.18. The molecule has 0 amide bonds. The number of ketones is 1. The van der Waals surface area contributed by atoms with Gasteiger partial charge in [0.05, 0.1) is 5.56 Å². The standard InChI is InChI=1S/C21H21BrClNO2S/c1-14-10-19-17(11-18(14)22)20(25)21(13-26-19,12-24-8-2-3-9-24)27-16-6-4-15(23)5-7-16/h4-7,10-11H,2-3,8-9,12-13H2,1H3. The fourth-order valence-corrected chi connectivity index (χ4v) is 5.47. The number of benzene rings is 2. The van der Waals surface area contributed by atoms with Crippen molar-refractivity contribution in [3.63, 3.8) is 0 Å². The number of carbonyl (C=O) groups is 1. The zero-order valence-electron chi connectivity index (χ0n) is 15.1. The third-order valence-corrected chi connectivity index (χ3v) is 7.62. The Labute approximate surface area is 177 Å². The number of thioether (sulfide) groups is 1. The van der Waals surface area contributed by atoms with Crippen LogP contribution in [-0.2, 0) is 0 Å². The van der Waals surface area contributed by atoms with Gasteiger partial charge in [-0.25, -0.2) is 0 Å². The third kappa shape index (κ3) is 3.93. The van der Waals surface area contributed by atoms with Gasteiger partial charge >= 0.3 is 0 Å². The molecule has 1 fully saturated rings. The second-order valence-corrected chi connectivity index (χ2v) is 10.00. The molecule has 1 unspecified atom stereocenters. The summed E-state index contributed by atoms with van der Waals surface area (Å²) >= 11 is 11.2. The quantitative estimate of drug-likeness (QED) is 0.585. The van der Waals surface area contributed by atoms with E-state index in [1.165, 1.54) is 12.8 Å². The molecule has 2 aliphatic heterocycles. The van der Waals surface area contributed by atoms with Crippen molar-refractivity contribution in [1.82, 2.24) is 4.90 Å². The molecule has 6 heteroatoms. The van der Waals surface area contributed by atoms with Crippen LogP contribution in [0.15, 0.2) is 45.8 Å². The summed E-state index contributed by atoms with van der Waals surface area (Å²) in [7, 11) is 0. The van der Waals surface area contributed by atoms with Gasteiger partial charge in [-0.1, -0.05) is 27.5 Å². The van der Waals surface area contributed by atoms with Crippen molar-refractivity contribution in [1.29, 1.82) is 0 Å². The maximum absolute atomic E-state index is 13.7. The summed E-state index contributed by atoms with van der Waals surface area (Å²) in [6, 6.07) is 11.6. The lowest BCUT2D eigenvalue weighted by Crippen LogP contribution is -2.52. The number of hydrogen-bond donors (Lipinski definition) is 0. The van der Waals surface area contributed by atoms with Gasteiger partial charge in [-0.2, -0.15) is 0 Å². The van der Waals surface area contributed by atoms with Gasteiger partial charge < -0.3 is 9.64 Å². The van der Waals surface area contributed by atoms with Crippen molar-refractivity contribution in [3.05, 3.63) is 57.0 Å². The SMILES string of the molecule is Cc1cc2c(cc1Br)C(=O)C(CN1CCCC1)(Sc1ccc(Cl)cc1)CO2. The smallest absolute Gasteiger partial charge is 0.187 e. The Morgan fingerprint density at radius 1 is 1.22 bits per heavy atom. The number of Topliss-reactive ketones (excluding diaryl/α,β-unsaturated/α-hetero) is 1. The van der Waals surface area contributed by atoms with Crippen LogP contribution in [0.25, 0.3) is 0 Å². The summed E-state index contributed by atoms with van der Waals surface area (Å²) in [6.45, 7) is 5.17.